The number of hydrogen-bond acceptors (Lipinski definition) is 3. The van der Waals surface area contributed by atoms with Gasteiger partial charge in [-0.1, -0.05) is 18.2 Å². The first kappa shape index (κ1) is 14.9. The third-order valence-electron chi connectivity index (χ3n) is 1.02. The van der Waals surface area contributed by atoms with Gasteiger partial charge in [0.15, 0.2) is 0 Å². The van der Waals surface area contributed by atoms with E-state index in [4.69, 9.17) is 13.6 Å². The lowest BCUT2D eigenvalue weighted by atomic mass is 10.3. The Balaban J connectivity index is 0.000000423. The molecule has 0 aliphatic rings. The lowest BCUT2D eigenvalue weighted by Crippen LogP contribution is -1.87. The van der Waals surface area contributed by atoms with Crippen LogP contribution in [0.4, 0.5) is 0 Å². The van der Waals surface area contributed by atoms with Gasteiger partial charge in [0.1, 0.15) is 5.75 Å². The minimum absolute atomic E-state index is 0.417. The van der Waals surface area contributed by atoms with Gasteiger partial charge in [0.05, 0.1) is 0 Å². The molecule has 86 valence electrons. The topological polar surface area (TPSA) is 63.6 Å². The lowest BCUT2D eigenvalue weighted by Gasteiger charge is -2.06. The van der Waals surface area contributed by atoms with Gasteiger partial charge in [-0.05, 0) is 12.1 Å². The molecule has 0 fully saturated rings. The predicted molar refractivity (Wildman–Crippen MR) is 62.7 cm³/mol. The SMILES string of the molecule is CP(=O)(O)Oc1ccccc1.O=S(Cl)Cl. The maximum Gasteiger partial charge on any atom is 0.373 e. The second-order valence-corrected chi connectivity index (χ2v) is 6.70. The zero-order valence-corrected chi connectivity index (χ0v) is 10.9. The van der Waals surface area contributed by atoms with Crippen molar-refractivity contribution in [2.45, 2.75) is 0 Å². The van der Waals surface area contributed by atoms with E-state index in [9.17, 15) is 4.57 Å². The van der Waals surface area contributed by atoms with Gasteiger partial charge in [-0.2, -0.15) is 0 Å². The van der Waals surface area contributed by atoms with Crippen LogP contribution in [0.15, 0.2) is 30.3 Å². The number of halogens is 2. The molecule has 0 amide bonds. The van der Waals surface area contributed by atoms with E-state index in [1.54, 1.807) is 24.3 Å². The number of para-hydroxylation sites is 1. The molecular formula is C7H9Cl2O4PS. The summed E-state index contributed by atoms with van der Waals surface area (Å²) in [6, 6.07) is 8.56. The summed E-state index contributed by atoms with van der Waals surface area (Å²) < 4.78 is 24.5. The third-order valence-corrected chi connectivity index (χ3v) is 1.57. The zero-order valence-electron chi connectivity index (χ0n) is 7.67. The van der Waals surface area contributed by atoms with Crippen LogP contribution in [0.25, 0.3) is 0 Å². The van der Waals surface area contributed by atoms with Crippen molar-refractivity contribution in [2.75, 3.05) is 6.66 Å². The summed E-state index contributed by atoms with van der Waals surface area (Å²) in [7, 11) is 3.97. The van der Waals surface area contributed by atoms with E-state index < -0.39 is 16.8 Å². The van der Waals surface area contributed by atoms with Crippen LogP contribution in [0, 0.1) is 0 Å². The Kier molecular flexibility index (Phi) is 7.22. The molecule has 0 radical (unpaired) electrons. The summed E-state index contributed by atoms with van der Waals surface area (Å²) in [5.74, 6) is 0.417. The first-order valence-electron chi connectivity index (χ1n) is 3.60. The molecule has 4 nitrogen and oxygen atoms in total. The monoisotopic (exact) mass is 290 g/mol. The van der Waals surface area contributed by atoms with Crippen molar-refractivity contribution in [1.29, 1.82) is 0 Å². The van der Waals surface area contributed by atoms with E-state index in [1.807, 2.05) is 6.07 Å². The maximum absolute atomic E-state index is 10.7. The molecule has 1 atom stereocenters. The van der Waals surface area contributed by atoms with Gasteiger partial charge >= 0.3 is 7.60 Å². The summed E-state index contributed by atoms with van der Waals surface area (Å²) in [5, 5.41) is 0. The molecule has 1 aromatic carbocycles. The van der Waals surface area contributed by atoms with Crippen molar-refractivity contribution in [3.05, 3.63) is 30.3 Å². The smallest absolute Gasteiger partial charge is 0.373 e. The molecule has 0 saturated heterocycles. The van der Waals surface area contributed by atoms with Gasteiger partial charge in [-0.3, -0.25) is 0 Å². The highest BCUT2D eigenvalue weighted by molar-refractivity contribution is 8.26. The van der Waals surface area contributed by atoms with Crippen LogP contribution >= 0.6 is 29.0 Å². The van der Waals surface area contributed by atoms with E-state index in [0.29, 0.717) is 5.75 Å². The summed E-state index contributed by atoms with van der Waals surface area (Å²) in [6.45, 7) is 1.15. The van der Waals surface area contributed by atoms with Crippen LogP contribution in [0.5, 0.6) is 5.75 Å². The highest BCUT2D eigenvalue weighted by atomic mass is 36.0. The average Bonchev–Trinajstić information content (AvgIpc) is 2.01. The Bertz CT molecular complexity index is 349. The molecule has 0 saturated carbocycles. The van der Waals surface area contributed by atoms with Crippen molar-refractivity contribution in [2.24, 2.45) is 0 Å². The van der Waals surface area contributed by atoms with Crippen LogP contribution in [-0.4, -0.2) is 15.8 Å². The van der Waals surface area contributed by atoms with Gasteiger partial charge in [0.2, 0.25) is 9.23 Å². The van der Waals surface area contributed by atoms with Crippen molar-refractivity contribution < 1.29 is 18.2 Å². The summed E-state index contributed by atoms with van der Waals surface area (Å²) in [4.78, 5) is 8.80. The molecule has 1 N–H and O–H groups in total. The molecule has 0 aliphatic heterocycles. The largest absolute Gasteiger partial charge is 0.425 e. The molecule has 8 heteroatoms. The molecule has 15 heavy (non-hydrogen) atoms. The molecule has 1 rings (SSSR count). The van der Waals surface area contributed by atoms with Crippen LogP contribution in [0.1, 0.15) is 0 Å². The fourth-order valence-electron chi connectivity index (χ4n) is 0.677. The van der Waals surface area contributed by atoms with Crippen LogP contribution in [-0.2, 0) is 13.8 Å². The Morgan fingerprint density at radius 1 is 1.33 bits per heavy atom. The first-order chi connectivity index (χ1) is 6.81. The zero-order chi connectivity index (χ0) is 11.9. The van der Waals surface area contributed by atoms with Crippen molar-refractivity contribution in [3.63, 3.8) is 0 Å². The molecule has 0 spiro atoms. The Morgan fingerprint density at radius 2 is 1.73 bits per heavy atom. The van der Waals surface area contributed by atoms with Crippen LogP contribution in [0.2, 0.25) is 0 Å². The first-order valence-corrected chi connectivity index (χ1v) is 8.43. The van der Waals surface area contributed by atoms with E-state index in [1.165, 1.54) is 0 Å². The summed E-state index contributed by atoms with van der Waals surface area (Å²) in [6.07, 6.45) is 0. The highest BCUT2D eigenvalue weighted by Gasteiger charge is 2.10. The van der Waals surface area contributed by atoms with Crippen molar-refractivity contribution in [3.8, 4) is 5.75 Å². The minimum atomic E-state index is -3.39. The van der Waals surface area contributed by atoms with E-state index in [-0.39, 0.29) is 0 Å². The second-order valence-electron chi connectivity index (χ2n) is 2.39. The highest BCUT2D eigenvalue weighted by Crippen LogP contribution is 2.37. The summed E-state index contributed by atoms with van der Waals surface area (Å²) in [5.41, 5.74) is 0. The Hall–Kier alpha value is -0.0600. The van der Waals surface area contributed by atoms with Crippen LogP contribution < -0.4 is 4.52 Å². The minimum Gasteiger partial charge on any atom is -0.425 e. The van der Waals surface area contributed by atoms with Gasteiger partial charge in [-0.25, -0.2) is 8.77 Å². The van der Waals surface area contributed by atoms with Gasteiger partial charge in [0, 0.05) is 28.0 Å². The molecule has 1 unspecified atom stereocenters. The average molecular weight is 291 g/mol. The lowest BCUT2D eigenvalue weighted by molar-refractivity contribution is 0.387. The fraction of sp³-hybridized carbons (Fsp3) is 0.143. The van der Waals surface area contributed by atoms with E-state index in [2.05, 4.69) is 21.4 Å². The quantitative estimate of drug-likeness (QED) is 0.672. The van der Waals surface area contributed by atoms with Crippen LogP contribution in [0.3, 0.4) is 0 Å². The normalized spacial score (nSPS) is 13.7. The summed E-state index contributed by atoms with van der Waals surface area (Å²) >= 11 is 0. The number of benzene rings is 1. The van der Waals surface area contributed by atoms with E-state index >= 15 is 0 Å². The molecule has 0 aromatic heterocycles. The molecular weight excluding hydrogens is 282 g/mol. The van der Waals surface area contributed by atoms with Crippen molar-refractivity contribution >= 4 is 38.2 Å². The van der Waals surface area contributed by atoms with Gasteiger partial charge in [-0.15, -0.1) is 0 Å². The van der Waals surface area contributed by atoms with Crippen molar-refractivity contribution in [1.82, 2.24) is 0 Å². The third kappa shape index (κ3) is 11.9. The maximum atomic E-state index is 10.7. The molecule has 0 heterocycles. The molecule has 1 aromatic rings. The molecule has 0 bridgehead atoms. The number of rotatable bonds is 2. The molecule has 0 aliphatic carbocycles. The predicted octanol–water partition coefficient (Wildman–Crippen LogP) is 2.92. The second kappa shape index (κ2) is 7.25. The number of hydrogen-bond donors (Lipinski definition) is 1. The Labute approximate surface area is 99.2 Å². The van der Waals surface area contributed by atoms with Gasteiger partial charge < -0.3 is 9.42 Å². The van der Waals surface area contributed by atoms with E-state index in [0.717, 1.165) is 6.66 Å². The Morgan fingerprint density at radius 3 is 2.07 bits per heavy atom. The fourth-order valence-corrected chi connectivity index (χ4v) is 1.19. The van der Waals surface area contributed by atoms with Gasteiger partial charge in [0.25, 0.3) is 0 Å². The standard InChI is InChI=1S/C7H9O3P.Cl2OS/c1-11(8,9)10-7-5-3-2-4-6-7;1-4(2)3/h2-6H,1H3,(H,8,9);.